The molecule has 0 saturated heterocycles. The van der Waals surface area contributed by atoms with E-state index in [4.69, 9.17) is 5.73 Å². The van der Waals surface area contributed by atoms with Crippen molar-refractivity contribution in [1.29, 1.82) is 0 Å². The SMILES string of the molecule is CN(CC1CC(O)C1)S(=O)(=O)c1ccc(N)cc1F. The molecular formula is C12H17FN2O3S. The van der Waals surface area contributed by atoms with Crippen molar-refractivity contribution in [3.63, 3.8) is 0 Å². The lowest BCUT2D eigenvalue weighted by Gasteiger charge is -2.34. The summed E-state index contributed by atoms with van der Waals surface area (Å²) in [5.74, 6) is -0.716. The Morgan fingerprint density at radius 3 is 2.63 bits per heavy atom. The van der Waals surface area contributed by atoms with Crippen LogP contribution in [0.4, 0.5) is 10.1 Å². The number of hydrogen-bond donors (Lipinski definition) is 2. The van der Waals surface area contributed by atoms with E-state index in [2.05, 4.69) is 0 Å². The molecule has 0 aromatic heterocycles. The molecule has 1 fully saturated rings. The van der Waals surface area contributed by atoms with Crippen molar-refractivity contribution >= 4 is 15.7 Å². The van der Waals surface area contributed by atoms with Crippen molar-refractivity contribution in [2.75, 3.05) is 19.3 Å². The number of halogens is 1. The highest BCUT2D eigenvalue weighted by Gasteiger charge is 2.32. The summed E-state index contributed by atoms with van der Waals surface area (Å²) in [6, 6.07) is 3.52. The van der Waals surface area contributed by atoms with E-state index < -0.39 is 15.8 Å². The number of nitrogen functional groups attached to an aromatic ring is 1. The van der Waals surface area contributed by atoms with Crippen LogP contribution in [-0.2, 0) is 10.0 Å². The standard InChI is InChI=1S/C12H17FN2O3S/c1-15(7-8-4-10(16)5-8)19(17,18)12-3-2-9(14)6-11(12)13/h2-3,6,8,10,16H,4-5,7,14H2,1H3. The summed E-state index contributed by atoms with van der Waals surface area (Å²) in [4.78, 5) is -0.371. The van der Waals surface area contributed by atoms with Gasteiger partial charge in [0.1, 0.15) is 10.7 Å². The fraction of sp³-hybridized carbons (Fsp3) is 0.500. The van der Waals surface area contributed by atoms with Crippen molar-refractivity contribution in [1.82, 2.24) is 4.31 Å². The number of sulfonamides is 1. The van der Waals surface area contributed by atoms with Crippen LogP contribution in [0.1, 0.15) is 12.8 Å². The zero-order chi connectivity index (χ0) is 14.2. The molecule has 0 atom stereocenters. The predicted octanol–water partition coefficient (Wildman–Crippen LogP) is 0.799. The van der Waals surface area contributed by atoms with Gasteiger partial charge in [-0.05, 0) is 37.0 Å². The first-order valence-corrected chi connectivity index (χ1v) is 7.44. The summed E-state index contributed by atoms with van der Waals surface area (Å²) in [5.41, 5.74) is 5.58. The first-order chi connectivity index (χ1) is 8.80. The molecule has 1 aromatic carbocycles. The average molecular weight is 288 g/mol. The van der Waals surface area contributed by atoms with Gasteiger partial charge < -0.3 is 10.8 Å². The minimum atomic E-state index is -3.85. The summed E-state index contributed by atoms with van der Waals surface area (Å²) in [5, 5.41) is 9.18. The molecule has 1 saturated carbocycles. The van der Waals surface area contributed by atoms with Crippen LogP contribution < -0.4 is 5.73 Å². The number of aliphatic hydroxyl groups is 1. The first kappa shape index (κ1) is 14.2. The van der Waals surface area contributed by atoms with Gasteiger partial charge in [-0.2, -0.15) is 0 Å². The molecule has 0 bridgehead atoms. The Kier molecular flexibility index (Phi) is 3.80. The predicted molar refractivity (Wildman–Crippen MR) is 69.4 cm³/mol. The maximum absolute atomic E-state index is 13.7. The Morgan fingerprint density at radius 1 is 1.47 bits per heavy atom. The van der Waals surface area contributed by atoms with Crippen LogP contribution in [0.2, 0.25) is 0 Å². The third-order valence-corrected chi connectivity index (χ3v) is 5.23. The lowest BCUT2D eigenvalue weighted by molar-refractivity contribution is 0.0367. The van der Waals surface area contributed by atoms with Gasteiger partial charge in [-0.1, -0.05) is 0 Å². The van der Waals surface area contributed by atoms with E-state index in [1.807, 2.05) is 0 Å². The van der Waals surface area contributed by atoms with E-state index in [1.54, 1.807) is 0 Å². The normalized spacial score (nSPS) is 23.4. The number of benzene rings is 1. The molecule has 0 unspecified atom stereocenters. The molecule has 106 valence electrons. The van der Waals surface area contributed by atoms with Crippen LogP contribution in [0.15, 0.2) is 23.1 Å². The lowest BCUT2D eigenvalue weighted by atomic mass is 9.82. The number of nitrogens with two attached hydrogens (primary N) is 1. The second-order valence-corrected chi connectivity index (χ2v) is 6.98. The van der Waals surface area contributed by atoms with E-state index in [-0.39, 0.29) is 29.1 Å². The maximum atomic E-state index is 13.7. The zero-order valence-electron chi connectivity index (χ0n) is 10.6. The zero-order valence-corrected chi connectivity index (χ0v) is 11.4. The van der Waals surface area contributed by atoms with Gasteiger partial charge >= 0.3 is 0 Å². The summed E-state index contributed by atoms with van der Waals surface area (Å²) < 4.78 is 39.2. The molecule has 1 aliphatic carbocycles. The van der Waals surface area contributed by atoms with Gasteiger partial charge in [-0.25, -0.2) is 17.1 Å². The van der Waals surface area contributed by atoms with Crippen molar-refractivity contribution in [2.24, 2.45) is 5.92 Å². The number of hydrogen-bond acceptors (Lipinski definition) is 4. The minimum Gasteiger partial charge on any atom is -0.399 e. The molecule has 0 aliphatic heterocycles. The molecule has 1 aromatic rings. The smallest absolute Gasteiger partial charge is 0.245 e. The Labute approximate surface area is 111 Å². The summed E-state index contributed by atoms with van der Waals surface area (Å²) in [6.45, 7) is 0.281. The van der Waals surface area contributed by atoms with E-state index in [1.165, 1.54) is 19.2 Å². The molecule has 5 nitrogen and oxygen atoms in total. The van der Waals surface area contributed by atoms with Crippen LogP contribution in [0.5, 0.6) is 0 Å². The molecule has 0 heterocycles. The third-order valence-electron chi connectivity index (χ3n) is 3.37. The largest absolute Gasteiger partial charge is 0.399 e. The number of anilines is 1. The molecule has 0 radical (unpaired) electrons. The quantitative estimate of drug-likeness (QED) is 0.803. The molecule has 19 heavy (non-hydrogen) atoms. The Hall–Kier alpha value is -1.18. The number of aliphatic hydroxyl groups excluding tert-OH is 1. The van der Waals surface area contributed by atoms with E-state index in [0.717, 1.165) is 10.4 Å². The minimum absolute atomic E-state index is 0.131. The fourth-order valence-corrected chi connectivity index (χ4v) is 3.49. The van der Waals surface area contributed by atoms with Crippen molar-refractivity contribution < 1.29 is 17.9 Å². The maximum Gasteiger partial charge on any atom is 0.245 e. The topological polar surface area (TPSA) is 83.6 Å². The Balaban J connectivity index is 2.16. The molecular weight excluding hydrogens is 271 g/mol. The summed E-state index contributed by atoms with van der Waals surface area (Å²) >= 11 is 0. The van der Waals surface area contributed by atoms with Crippen molar-refractivity contribution in [2.45, 2.75) is 23.8 Å². The van der Waals surface area contributed by atoms with Crippen molar-refractivity contribution in [3.8, 4) is 0 Å². The first-order valence-electron chi connectivity index (χ1n) is 6.00. The van der Waals surface area contributed by atoms with Gasteiger partial charge in [0.25, 0.3) is 0 Å². The number of rotatable bonds is 4. The third kappa shape index (κ3) is 2.88. The second kappa shape index (κ2) is 5.07. The number of nitrogens with zero attached hydrogens (tertiary/aromatic N) is 1. The molecule has 3 N–H and O–H groups in total. The Bertz CT molecular complexity index is 570. The summed E-state index contributed by atoms with van der Waals surface area (Å²) in [6.07, 6.45) is 0.836. The van der Waals surface area contributed by atoms with Gasteiger partial charge in [-0.15, -0.1) is 0 Å². The second-order valence-electron chi connectivity index (χ2n) is 4.97. The van der Waals surface area contributed by atoms with Gasteiger partial charge in [0, 0.05) is 19.3 Å². The van der Waals surface area contributed by atoms with E-state index >= 15 is 0 Å². The van der Waals surface area contributed by atoms with Gasteiger partial charge in [0.2, 0.25) is 10.0 Å². The van der Waals surface area contributed by atoms with Gasteiger partial charge in [0.15, 0.2) is 0 Å². The monoisotopic (exact) mass is 288 g/mol. The van der Waals surface area contributed by atoms with Gasteiger partial charge in [-0.3, -0.25) is 0 Å². The van der Waals surface area contributed by atoms with Crippen LogP contribution in [0.3, 0.4) is 0 Å². The van der Waals surface area contributed by atoms with Crippen LogP contribution in [0, 0.1) is 11.7 Å². The average Bonchev–Trinajstić information content (AvgIpc) is 2.26. The summed E-state index contributed by atoms with van der Waals surface area (Å²) in [7, 11) is -2.44. The van der Waals surface area contributed by atoms with Crippen LogP contribution in [-0.4, -0.2) is 37.5 Å². The van der Waals surface area contributed by atoms with E-state index in [0.29, 0.717) is 12.8 Å². The highest BCUT2D eigenvalue weighted by Crippen LogP contribution is 2.29. The molecule has 1 aliphatic rings. The van der Waals surface area contributed by atoms with E-state index in [9.17, 15) is 17.9 Å². The lowest BCUT2D eigenvalue weighted by Crippen LogP contribution is -2.39. The van der Waals surface area contributed by atoms with Crippen molar-refractivity contribution in [3.05, 3.63) is 24.0 Å². The molecule has 0 amide bonds. The molecule has 0 spiro atoms. The molecule has 2 rings (SSSR count). The van der Waals surface area contributed by atoms with Crippen LogP contribution in [0.25, 0.3) is 0 Å². The molecule has 7 heteroatoms. The van der Waals surface area contributed by atoms with Crippen LogP contribution >= 0.6 is 0 Å². The van der Waals surface area contributed by atoms with Gasteiger partial charge in [0.05, 0.1) is 6.10 Å². The highest BCUT2D eigenvalue weighted by molar-refractivity contribution is 7.89. The highest BCUT2D eigenvalue weighted by atomic mass is 32.2. The fourth-order valence-electron chi connectivity index (χ4n) is 2.21. The Morgan fingerprint density at radius 2 is 2.11 bits per heavy atom.